The molecule has 0 fully saturated rings. The molecular weight excluding hydrogens is 256 g/mol. The number of H-pyrrole nitrogens is 1. The highest BCUT2D eigenvalue weighted by molar-refractivity contribution is 5.83. The maximum Gasteiger partial charge on any atom is 0.270 e. The number of hydrogen-bond donors (Lipinski definition) is 1. The maximum atomic E-state index is 10.8. The Morgan fingerprint density at radius 2 is 2.15 bits per heavy atom. The molecule has 100 valence electrons. The highest BCUT2D eigenvalue weighted by Crippen LogP contribution is 2.23. The third-order valence-corrected chi connectivity index (χ3v) is 3.16. The monoisotopic (exact) mass is 268 g/mol. The number of nitrogens with one attached hydrogen (secondary N) is 1. The fraction of sp³-hybridized carbons (Fsp3) is 0.143. The van der Waals surface area contributed by atoms with Gasteiger partial charge in [0.25, 0.3) is 5.69 Å². The number of rotatable bonds is 3. The molecular formula is C14H12N4O2. The topological polar surface area (TPSA) is 84.7 Å². The molecule has 0 saturated carbocycles. The number of fused-ring (bicyclic) bond motifs is 1. The van der Waals surface area contributed by atoms with Crippen molar-refractivity contribution in [2.24, 2.45) is 0 Å². The van der Waals surface area contributed by atoms with E-state index in [4.69, 9.17) is 0 Å². The van der Waals surface area contributed by atoms with Crippen LogP contribution in [0.3, 0.4) is 0 Å². The fourth-order valence-corrected chi connectivity index (χ4v) is 2.18. The number of non-ortho nitro benzene ring substituents is 1. The molecule has 0 amide bonds. The standard InChI is InChI=1S/C14H12N4O2/c1-9-4-5-15-10(6-9)7-14-12-8-11(18(19)20)2-3-13(12)16-17-14/h2-6,8H,7H2,1H3,(H,16,17). The normalized spacial score (nSPS) is 10.8. The molecule has 6 heteroatoms. The average molecular weight is 268 g/mol. The molecule has 0 unspecified atom stereocenters. The zero-order chi connectivity index (χ0) is 14.1. The minimum atomic E-state index is -0.402. The Balaban J connectivity index is 2.03. The van der Waals surface area contributed by atoms with Gasteiger partial charge in [0.15, 0.2) is 0 Å². The van der Waals surface area contributed by atoms with Crippen LogP contribution in [0.25, 0.3) is 10.9 Å². The summed E-state index contributed by atoms with van der Waals surface area (Å²) in [4.78, 5) is 14.7. The number of nitro benzene ring substituents is 1. The van der Waals surface area contributed by atoms with E-state index in [1.165, 1.54) is 6.07 Å². The first-order valence-corrected chi connectivity index (χ1v) is 6.16. The quantitative estimate of drug-likeness (QED) is 0.584. The van der Waals surface area contributed by atoms with Crippen LogP contribution >= 0.6 is 0 Å². The summed E-state index contributed by atoms with van der Waals surface area (Å²) in [5.41, 5.74) is 3.66. The molecule has 0 aliphatic rings. The fourth-order valence-electron chi connectivity index (χ4n) is 2.18. The summed E-state index contributed by atoms with van der Waals surface area (Å²) < 4.78 is 0. The molecule has 1 aromatic carbocycles. The van der Waals surface area contributed by atoms with E-state index in [0.717, 1.165) is 27.9 Å². The Kier molecular flexibility index (Phi) is 2.90. The summed E-state index contributed by atoms with van der Waals surface area (Å²) >= 11 is 0. The predicted octanol–water partition coefficient (Wildman–Crippen LogP) is 2.77. The van der Waals surface area contributed by atoms with Crippen molar-refractivity contribution < 1.29 is 4.92 Å². The van der Waals surface area contributed by atoms with Crippen molar-refractivity contribution in [1.82, 2.24) is 15.2 Å². The lowest BCUT2D eigenvalue weighted by atomic mass is 10.1. The van der Waals surface area contributed by atoms with Gasteiger partial charge in [0, 0.05) is 41.5 Å². The smallest absolute Gasteiger partial charge is 0.270 e. The van der Waals surface area contributed by atoms with Crippen LogP contribution in [0.4, 0.5) is 5.69 Å². The Hall–Kier alpha value is -2.76. The second-order valence-electron chi connectivity index (χ2n) is 4.66. The summed E-state index contributed by atoms with van der Waals surface area (Å²) in [5.74, 6) is 0. The van der Waals surface area contributed by atoms with E-state index < -0.39 is 4.92 Å². The van der Waals surface area contributed by atoms with Crippen LogP contribution in [0.5, 0.6) is 0 Å². The lowest BCUT2D eigenvalue weighted by Crippen LogP contribution is -1.94. The van der Waals surface area contributed by atoms with Gasteiger partial charge in [-0.1, -0.05) is 0 Å². The molecule has 3 rings (SSSR count). The zero-order valence-electron chi connectivity index (χ0n) is 10.8. The molecule has 20 heavy (non-hydrogen) atoms. The van der Waals surface area contributed by atoms with Gasteiger partial charge in [0.05, 0.1) is 10.4 Å². The van der Waals surface area contributed by atoms with Crippen molar-refractivity contribution in [2.75, 3.05) is 0 Å². The number of nitro groups is 1. The van der Waals surface area contributed by atoms with Gasteiger partial charge in [0.2, 0.25) is 0 Å². The molecule has 0 atom stereocenters. The number of aromatic amines is 1. The summed E-state index contributed by atoms with van der Waals surface area (Å²) in [6.45, 7) is 2.00. The van der Waals surface area contributed by atoms with Crippen LogP contribution in [-0.2, 0) is 6.42 Å². The Morgan fingerprint density at radius 1 is 1.30 bits per heavy atom. The second-order valence-corrected chi connectivity index (χ2v) is 4.66. The number of pyridine rings is 1. The van der Waals surface area contributed by atoms with Crippen molar-refractivity contribution in [3.8, 4) is 0 Å². The van der Waals surface area contributed by atoms with Crippen LogP contribution in [-0.4, -0.2) is 20.1 Å². The van der Waals surface area contributed by atoms with Gasteiger partial charge < -0.3 is 0 Å². The molecule has 0 aliphatic heterocycles. The molecule has 0 radical (unpaired) electrons. The van der Waals surface area contributed by atoms with Gasteiger partial charge in [0.1, 0.15) is 0 Å². The van der Waals surface area contributed by atoms with E-state index in [-0.39, 0.29) is 5.69 Å². The largest absolute Gasteiger partial charge is 0.281 e. The first-order chi connectivity index (χ1) is 9.63. The average Bonchev–Trinajstić information content (AvgIpc) is 2.81. The van der Waals surface area contributed by atoms with Crippen LogP contribution in [0, 0.1) is 17.0 Å². The van der Waals surface area contributed by atoms with Crippen molar-refractivity contribution >= 4 is 16.6 Å². The van der Waals surface area contributed by atoms with Gasteiger partial charge >= 0.3 is 0 Å². The molecule has 2 heterocycles. The molecule has 1 N–H and O–H groups in total. The van der Waals surface area contributed by atoms with Gasteiger partial charge in [-0.2, -0.15) is 5.10 Å². The molecule has 2 aromatic heterocycles. The Bertz CT molecular complexity index is 795. The number of aryl methyl sites for hydroxylation is 1. The number of hydrogen-bond acceptors (Lipinski definition) is 4. The van der Waals surface area contributed by atoms with E-state index in [2.05, 4.69) is 15.2 Å². The van der Waals surface area contributed by atoms with E-state index >= 15 is 0 Å². The predicted molar refractivity (Wildman–Crippen MR) is 74.5 cm³/mol. The van der Waals surface area contributed by atoms with Crippen molar-refractivity contribution in [3.05, 3.63) is 63.6 Å². The van der Waals surface area contributed by atoms with E-state index in [0.29, 0.717) is 6.42 Å². The highest BCUT2D eigenvalue weighted by atomic mass is 16.6. The maximum absolute atomic E-state index is 10.8. The van der Waals surface area contributed by atoms with Gasteiger partial charge in [-0.05, 0) is 30.7 Å². The van der Waals surface area contributed by atoms with Gasteiger partial charge in [-0.15, -0.1) is 0 Å². The van der Waals surface area contributed by atoms with E-state index in [9.17, 15) is 10.1 Å². The third-order valence-electron chi connectivity index (χ3n) is 3.16. The third kappa shape index (κ3) is 2.23. The second kappa shape index (κ2) is 4.73. The van der Waals surface area contributed by atoms with Crippen LogP contribution in [0.1, 0.15) is 17.0 Å². The van der Waals surface area contributed by atoms with Gasteiger partial charge in [-0.3, -0.25) is 20.2 Å². The molecule has 3 aromatic rings. The summed E-state index contributed by atoms with van der Waals surface area (Å²) in [6.07, 6.45) is 2.32. The lowest BCUT2D eigenvalue weighted by Gasteiger charge is -2.00. The number of nitrogens with zero attached hydrogens (tertiary/aromatic N) is 3. The first kappa shape index (κ1) is 12.3. The lowest BCUT2D eigenvalue weighted by molar-refractivity contribution is -0.384. The summed E-state index contributed by atoms with van der Waals surface area (Å²) in [5, 5.41) is 18.7. The zero-order valence-corrected chi connectivity index (χ0v) is 10.8. The first-order valence-electron chi connectivity index (χ1n) is 6.16. The van der Waals surface area contributed by atoms with Crippen LogP contribution < -0.4 is 0 Å². The summed E-state index contributed by atoms with van der Waals surface area (Å²) in [7, 11) is 0. The molecule has 0 bridgehead atoms. The van der Waals surface area contributed by atoms with Crippen molar-refractivity contribution in [2.45, 2.75) is 13.3 Å². The Morgan fingerprint density at radius 3 is 2.90 bits per heavy atom. The molecule has 0 saturated heterocycles. The summed E-state index contributed by atoms with van der Waals surface area (Å²) in [6, 6.07) is 8.57. The Labute approximate surface area is 114 Å². The van der Waals surface area contributed by atoms with Crippen molar-refractivity contribution in [1.29, 1.82) is 0 Å². The highest BCUT2D eigenvalue weighted by Gasteiger charge is 2.12. The van der Waals surface area contributed by atoms with Crippen molar-refractivity contribution in [3.63, 3.8) is 0 Å². The minimum absolute atomic E-state index is 0.0670. The molecule has 0 spiro atoms. The molecule has 6 nitrogen and oxygen atoms in total. The SMILES string of the molecule is Cc1ccnc(Cc2[nH]nc3ccc([N+](=O)[O-])cc23)c1. The van der Waals surface area contributed by atoms with Crippen LogP contribution in [0.15, 0.2) is 36.5 Å². The minimum Gasteiger partial charge on any atom is -0.281 e. The molecule has 0 aliphatic carbocycles. The number of aromatic nitrogens is 3. The van der Waals surface area contributed by atoms with Crippen LogP contribution in [0.2, 0.25) is 0 Å². The van der Waals surface area contributed by atoms with Gasteiger partial charge in [-0.25, -0.2) is 0 Å². The van der Waals surface area contributed by atoms with E-state index in [1.807, 2.05) is 19.1 Å². The van der Waals surface area contributed by atoms with E-state index in [1.54, 1.807) is 18.3 Å². The number of benzene rings is 1.